The highest BCUT2D eigenvalue weighted by atomic mass is 19.4. The molecular weight excluding hydrogens is 388 g/mol. The summed E-state index contributed by atoms with van der Waals surface area (Å²) >= 11 is 0. The Balaban J connectivity index is 1.78. The van der Waals surface area contributed by atoms with Gasteiger partial charge < -0.3 is 10.3 Å². The van der Waals surface area contributed by atoms with Gasteiger partial charge in [0, 0.05) is 29.3 Å². The van der Waals surface area contributed by atoms with Crippen LogP contribution in [0, 0.1) is 5.82 Å². The molecule has 0 bridgehead atoms. The third-order valence-corrected chi connectivity index (χ3v) is 5.23. The van der Waals surface area contributed by atoms with Gasteiger partial charge in [0.2, 0.25) is 5.91 Å². The molecule has 2 N–H and O–H groups in total. The Morgan fingerprint density at radius 1 is 1.07 bits per heavy atom. The molecule has 2 aliphatic rings. The van der Waals surface area contributed by atoms with E-state index in [1.54, 1.807) is 18.2 Å². The topological polar surface area (TPSA) is 62.0 Å². The minimum atomic E-state index is -4.80. The van der Waals surface area contributed by atoms with E-state index in [4.69, 9.17) is 0 Å². The van der Waals surface area contributed by atoms with Crippen LogP contribution in [0.2, 0.25) is 0 Å². The quantitative estimate of drug-likeness (QED) is 0.751. The largest absolute Gasteiger partial charge is 0.419 e. The molecule has 2 fully saturated rings. The molecule has 1 saturated heterocycles. The number of hydrogen-bond donors (Lipinski definition) is 2. The van der Waals surface area contributed by atoms with Gasteiger partial charge in [-0.25, -0.2) is 4.39 Å². The maximum absolute atomic E-state index is 14.2. The molecule has 1 amide bonds. The standard InChI is InChI=1S/C21H18F4N2O2/c22-17-9-12(3-6-16(17)21(23,24)25)15(10-13-4-8-19(28)26-13)18-7-5-14(11-1-2-11)20(29)27-18/h3,5-7,9-11,13H,1-2,4,8H2,(H,26,28)(H,27,29)/b15-10-/t13-/m1/s1. The smallest absolute Gasteiger partial charge is 0.350 e. The molecule has 152 valence electrons. The molecule has 0 unspecified atom stereocenters. The Morgan fingerprint density at radius 3 is 2.38 bits per heavy atom. The van der Waals surface area contributed by atoms with Gasteiger partial charge in [-0.2, -0.15) is 13.2 Å². The van der Waals surface area contributed by atoms with Crippen molar-refractivity contribution in [2.24, 2.45) is 0 Å². The number of rotatable bonds is 4. The number of carbonyl (C=O) groups is 1. The normalized spacial score (nSPS) is 20.1. The second-order valence-electron chi connectivity index (χ2n) is 7.42. The number of aromatic amines is 1. The van der Waals surface area contributed by atoms with Crippen LogP contribution in [0.25, 0.3) is 5.57 Å². The van der Waals surface area contributed by atoms with Crippen LogP contribution >= 0.6 is 0 Å². The first-order valence-corrected chi connectivity index (χ1v) is 9.34. The van der Waals surface area contributed by atoms with E-state index in [0.717, 1.165) is 18.9 Å². The van der Waals surface area contributed by atoms with Crippen molar-refractivity contribution >= 4 is 11.5 Å². The van der Waals surface area contributed by atoms with Gasteiger partial charge in [0.15, 0.2) is 0 Å². The summed E-state index contributed by atoms with van der Waals surface area (Å²) in [6.45, 7) is 0. The molecule has 2 heterocycles. The van der Waals surface area contributed by atoms with Crippen molar-refractivity contribution in [1.82, 2.24) is 10.3 Å². The van der Waals surface area contributed by atoms with Crippen LogP contribution in [0.15, 0.2) is 41.2 Å². The van der Waals surface area contributed by atoms with Gasteiger partial charge in [0.05, 0.1) is 5.56 Å². The molecule has 8 heteroatoms. The van der Waals surface area contributed by atoms with E-state index in [9.17, 15) is 27.2 Å². The number of carbonyl (C=O) groups excluding carboxylic acids is 1. The summed E-state index contributed by atoms with van der Waals surface area (Å²) in [6, 6.07) is 5.68. The Bertz CT molecular complexity index is 1050. The molecule has 1 aliphatic carbocycles. The molecule has 1 aliphatic heterocycles. The molecule has 0 radical (unpaired) electrons. The third kappa shape index (κ3) is 4.11. The maximum atomic E-state index is 14.2. The first-order valence-electron chi connectivity index (χ1n) is 9.34. The Labute approximate surface area is 163 Å². The zero-order valence-corrected chi connectivity index (χ0v) is 15.3. The zero-order valence-electron chi connectivity index (χ0n) is 15.3. The van der Waals surface area contributed by atoms with Gasteiger partial charge in [-0.3, -0.25) is 9.59 Å². The summed E-state index contributed by atoms with van der Waals surface area (Å²) in [4.78, 5) is 26.7. The van der Waals surface area contributed by atoms with Gasteiger partial charge in [-0.1, -0.05) is 18.2 Å². The summed E-state index contributed by atoms with van der Waals surface area (Å²) in [5.41, 5.74) is -0.0394. The van der Waals surface area contributed by atoms with Crippen molar-refractivity contribution in [3.63, 3.8) is 0 Å². The number of hydrogen-bond acceptors (Lipinski definition) is 2. The number of benzene rings is 1. The van der Waals surface area contributed by atoms with E-state index in [0.29, 0.717) is 35.7 Å². The van der Waals surface area contributed by atoms with E-state index in [1.165, 1.54) is 6.07 Å². The van der Waals surface area contributed by atoms with Crippen LogP contribution in [-0.2, 0) is 11.0 Å². The van der Waals surface area contributed by atoms with Crippen molar-refractivity contribution in [2.45, 2.75) is 43.8 Å². The molecule has 1 aromatic heterocycles. The Kier molecular flexibility index (Phi) is 4.80. The lowest BCUT2D eigenvalue weighted by Crippen LogP contribution is -2.24. The van der Waals surface area contributed by atoms with Crippen molar-refractivity contribution in [1.29, 1.82) is 0 Å². The fraction of sp³-hybridized carbons (Fsp3) is 0.333. The lowest BCUT2D eigenvalue weighted by atomic mass is 9.97. The molecule has 1 aromatic carbocycles. The van der Waals surface area contributed by atoms with Gasteiger partial charge in [0.1, 0.15) is 5.82 Å². The van der Waals surface area contributed by atoms with E-state index in [-0.39, 0.29) is 29.0 Å². The number of H-pyrrole nitrogens is 1. The van der Waals surface area contributed by atoms with Gasteiger partial charge >= 0.3 is 6.18 Å². The predicted octanol–water partition coefficient (Wildman–Crippen LogP) is 4.12. The molecule has 1 atom stereocenters. The molecular formula is C21H18F4N2O2. The number of alkyl halides is 3. The fourth-order valence-electron chi connectivity index (χ4n) is 3.58. The second-order valence-corrected chi connectivity index (χ2v) is 7.42. The minimum Gasteiger partial charge on any atom is -0.350 e. The first-order chi connectivity index (χ1) is 13.7. The van der Waals surface area contributed by atoms with Crippen LogP contribution in [0.5, 0.6) is 0 Å². The highest BCUT2D eigenvalue weighted by Crippen LogP contribution is 2.38. The number of halogens is 4. The summed E-state index contributed by atoms with van der Waals surface area (Å²) < 4.78 is 52.9. The number of nitrogens with one attached hydrogen (secondary N) is 2. The van der Waals surface area contributed by atoms with E-state index >= 15 is 0 Å². The zero-order chi connectivity index (χ0) is 20.8. The van der Waals surface area contributed by atoms with Crippen LogP contribution in [-0.4, -0.2) is 16.9 Å². The van der Waals surface area contributed by atoms with Crippen molar-refractivity contribution in [3.8, 4) is 0 Å². The average molecular weight is 406 g/mol. The van der Waals surface area contributed by atoms with E-state index < -0.39 is 17.6 Å². The maximum Gasteiger partial charge on any atom is 0.419 e. The summed E-state index contributed by atoms with van der Waals surface area (Å²) in [6.07, 6.45) is -0.420. The van der Waals surface area contributed by atoms with E-state index in [1.807, 2.05) is 0 Å². The highest BCUT2D eigenvalue weighted by molar-refractivity contribution is 5.82. The Hall–Kier alpha value is -2.90. The van der Waals surface area contributed by atoms with Gasteiger partial charge in [-0.15, -0.1) is 0 Å². The molecule has 4 rings (SSSR count). The van der Waals surface area contributed by atoms with Crippen molar-refractivity contribution < 1.29 is 22.4 Å². The third-order valence-electron chi connectivity index (χ3n) is 5.23. The van der Waals surface area contributed by atoms with Crippen LogP contribution in [0.1, 0.15) is 54.0 Å². The Morgan fingerprint density at radius 2 is 1.83 bits per heavy atom. The fourth-order valence-corrected chi connectivity index (χ4v) is 3.58. The lowest BCUT2D eigenvalue weighted by Gasteiger charge is -2.14. The number of pyridine rings is 1. The molecule has 29 heavy (non-hydrogen) atoms. The SMILES string of the molecule is O=C1CC[C@H](/C=C(/c2ccc(C(F)(F)F)c(F)c2)c2ccc(C3CC3)c(=O)[nH]2)N1. The number of amides is 1. The summed E-state index contributed by atoms with van der Waals surface area (Å²) in [5, 5.41) is 2.75. The highest BCUT2D eigenvalue weighted by Gasteiger charge is 2.34. The van der Waals surface area contributed by atoms with Crippen molar-refractivity contribution in [3.05, 3.63) is 75.0 Å². The monoisotopic (exact) mass is 406 g/mol. The summed E-state index contributed by atoms with van der Waals surface area (Å²) in [7, 11) is 0. The lowest BCUT2D eigenvalue weighted by molar-refractivity contribution is -0.140. The predicted molar refractivity (Wildman–Crippen MR) is 98.7 cm³/mol. The van der Waals surface area contributed by atoms with E-state index in [2.05, 4.69) is 10.3 Å². The molecule has 2 aromatic rings. The van der Waals surface area contributed by atoms with Gasteiger partial charge in [-0.05, 0) is 48.9 Å². The molecule has 4 nitrogen and oxygen atoms in total. The average Bonchev–Trinajstić information content (AvgIpc) is 3.40. The molecule has 0 spiro atoms. The summed E-state index contributed by atoms with van der Waals surface area (Å²) in [5.74, 6) is -1.30. The van der Waals surface area contributed by atoms with Crippen LogP contribution in [0.4, 0.5) is 17.6 Å². The second kappa shape index (κ2) is 7.17. The van der Waals surface area contributed by atoms with Crippen LogP contribution < -0.4 is 10.9 Å². The van der Waals surface area contributed by atoms with Crippen molar-refractivity contribution in [2.75, 3.05) is 0 Å². The van der Waals surface area contributed by atoms with Crippen LogP contribution in [0.3, 0.4) is 0 Å². The first kappa shape index (κ1) is 19.4. The number of aromatic nitrogens is 1. The molecule has 1 saturated carbocycles. The van der Waals surface area contributed by atoms with Gasteiger partial charge in [0.25, 0.3) is 5.56 Å². The minimum absolute atomic E-state index is 0.137.